The van der Waals surface area contributed by atoms with Crippen molar-refractivity contribution in [2.75, 3.05) is 5.75 Å². The van der Waals surface area contributed by atoms with Crippen LogP contribution in [0.1, 0.15) is 11.7 Å². The number of hydrogen-bond acceptors (Lipinski definition) is 2. The van der Waals surface area contributed by atoms with Crippen molar-refractivity contribution in [3.05, 3.63) is 35.6 Å². The van der Waals surface area contributed by atoms with Gasteiger partial charge in [-0.15, -0.1) is 0 Å². The van der Waals surface area contributed by atoms with Crippen LogP contribution >= 0.6 is 10.7 Å². The zero-order valence-electron chi connectivity index (χ0n) is 6.95. The number of hydrogen-bond donors (Lipinski definition) is 0. The highest BCUT2D eigenvalue weighted by Gasteiger charge is 2.20. The van der Waals surface area contributed by atoms with Crippen LogP contribution in [0, 0.1) is 5.82 Å². The topological polar surface area (TPSA) is 34.1 Å². The SMILES string of the molecule is O=S(=O)(Cl)CC(F)c1ccccc1F. The van der Waals surface area contributed by atoms with Gasteiger partial charge in [0.25, 0.3) is 0 Å². The maximum Gasteiger partial charge on any atom is 0.235 e. The van der Waals surface area contributed by atoms with E-state index in [0.29, 0.717) is 0 Å². The van der Waals surface area contributed by atoms with E-state index in [2.05, 4.69) is 0 Å². The highest BCUT2D eigenvalue weighted by molar-refractivity contribution is 8.13. The Balaban J connectivity index is 2.90. The maximum absolute atomic E-state index is 13.2. The van der Waals surface area contributed by atoms with Gasteiger partial charge >= 0.3 is 0 Å². The molecule has 1 aromatic rings. The van der Waals surface area contributed by atoms with Crippen LogP contribution in [-0.4, -0.2) is 14.2 Å². The molecule has 0 aliphatic carbocycles. The molecule has 1 rings (SSSR count). The van der Waals surface area contributed by atoms with E-state index < -0.39 is 26.8 Å². The first-order chi connectivity index (χ1) is 6.40. The van der Waals surface area contributed by atoms with Gasteiger partial charge in [-0.25, -0.2) is 17.2 Å². The minimum Gasteiger partial charge on any atom is -0.241 e. The molecule has 0 N–H and O–H groups in total. The molecule has 1 aromatic carbocycles. The van der Waals surface area contributed by atoms with Gasteiger partial charge in [-0.3, -0.25) is 0 Å². The molecule has 14 heavy (non-hydrogen) atoms. The molecule has 0 amide bonds. The molecular formula is C8H7ClF2O2S. The summed E-state index contributed by atoms with van der Waals surface area (Å²) < 4.78 is 47.2. The molecule has 1 unspecified atom stereocenters. The van der Waals surface area contributed by atoms with Gasteiger partial charge in [0.2, 0.25) is 9.05 Å². The normalized spacial score (nSPS) is 13.9. The summed E-state index contributed by atoms with van der Waals surface area (Å²) in [5, 5.41) is 0. The van der Waals surface area contributed by atoms with Crippen molar-refractivity contribution < 1.29 is 17.2 Å². The largest absolute Gasteiger partial charge is 0.241 e. The predicted octanol–water partition coefficient (Wildman–Crippen LogP) is 2.40. The fraction of sp³-hybridized carbons (Fsp3) is 0.250. The highest BCUT2D eigenvalue weighted by Crippen LogP contribution is 2.23. The molecule has 0 heterocycles. The second kappa shape index (κ2) is 4.23. The van der Waals surface area contributed by atoms with E-state index in [0.717, 1.165) is 6.07 Å². The second-order valence-corrected chi connectivity index (χ2v) is 5.52. The van der Waals surface area contributed by atoms with E-state index >= 15 is 0 Å². The zero-order chi connectivity index (χ0) is 10.8. The van der Waals surface area contributed by atoms with Gasteiger partial charge in [-0.05, 0) is 6.07 Å². The minimum absolute atomic E-state index is 0.295. The highest BCUT2D eigenvalue weighted by atomic mass is 35.7. The summed E-state index contributed by atoms with van der Waals surface area (Å²) in [6.07, 6.45) is -1.93. The molecule has 78 valence electrons. The lowest BCUT2D eigenvalue weighted by molar-refractivity contribution is 0.363. The van der Waals surface area contributed by atoms with Crippen LogP contribution in [0.25, 0.3) is 0 Å². The average molecular weight is 241 g/mol. The van der Waals surface area contributed by atoms with Crippen molar-refractivity contribution in [3.63, 3.8) is 0 Å². The van der Waals surface area contributed by atoms with Gasteiger partial charge in [0.15, 0.2) is 0 Å². The van der Waals surface area contributed by atoms with Gasteiger partial charge in [0.05, 0.1) is 0 Å². The number of halogens is 3. The van der Waals surface area contributed by atoms with Crippen molar-refractivity contribution in [1.82, 2.24) is 0 Å². The number of benzene rings is 1. The van der Waals surface area contributed by atoms with Crippen molar-refractivity contribution in [2.24, 2.45) is 0 Å². The van der Waals surface area contributed by atoms with E-state index in [1.54, 1.807) is 0 Å². The van der Waals surface area contributed by atoms with Crippen LogP contribution < -0.4 is 0 Å². The summed E-state index contributed by atoms with van der Waals surface area (Å²) in [4.78, 5) is 0. The lowest BCUT2D eigenvalue weighted by Gasteiger charge is -2.06. The fourth-order valence-electron chi connectivity index (χ4n) is 0.994. The smallest absolute Gasteiger partial charge is 0.235 e. The van der Waals surface area contributed by atoms with Crippen molar-refractivity contribution in [3.8, 4) is 0 Å². The molecule has 0 saturated heterocycles. The Hall–Kier alpha value is -0.680. The quantitative estimate of drug-likeness (QED) is 0.761. The third-order valence-electron chi connectivity index (χ3n) is 1.59. The fourth-order valence-corrected chi connectivity index (χ4v) is 1.85. The molecule has 0 spiro atoms. The maximum atomic E-state index is 13.2. The van der Waals surface area contributed by atoms with E-state index in [1.807, 2.05) is 0 Å². The molecule has 2 nitrogen and oxygen atoms in total. The van der Waals surface area contributed by atoms with E-state index in [-0.39, 0.29) is 5.56 Å². The predicted molar refractivity (Wildman–Crippen MR) is 49.9 cm³/mol. The van der Waals surface area contributed by atoms with Crippen LogP contribution in [0.15, 0.2) is 24.3 Å². The summed E-state index contributed by atoms with van der Waals surface area (Å²) in [6.45, 7) is 0. The Morgan fingerprint density at radius 3 is 2.43 bits per heavy atom. The number of rotatable bonds is 3. The molecule has 1 atom stereocenters. The summed E-state index contributed by atoms with van der Waals surface area (Å²) in [5.74, 6) is -1.70. The molecule has 0 saturated carbocycles. The first-order valence-electron chi connectivity index (χ1n) is 3.71. The van der Waals surface area contributed by atoms with Crippen LogP contribution in [-0.2, 0) is 9.05 Å². The molecule has 0 radical (unpaired) electrons. The standard InChI is InChI=1S/C8H7ClF2O2S/c9-14(12,13)5-8(11)6-3-1-2-4-7(6)10/h1-4,8H,5H2. The van der Waals surface area contributed by atoms with Gasteiger partial charge in [0, 0.05) is 16.2 Å². The first-order valence-corrected chi connectivity index (χ1v) is 6.19. The Bertz CT molecular complexity index is 419. The Kier molecular flexibility index (Phi) is 3.44. The molecule has 0 aliphatic heterocycles. The third kappa shape index (κ3) is 3.23. The lowest BCUT2D eigenvalue weighted by atomic mass is 10.1. The van der Waals surface area contributed by atoms with Crippen LogP contribution in [0.4, 0.5) is 8.78 Å². The van der Waals surface area contributed by atoms with Gasteiger partial charge in [-0.1, -0.05) is 18.2 Å². The van der Waals surface area contributed by atoms with Crippen LogP contribution in [0.5, 0.6) is 0 Å². The molecular weight excluding hydrogens is 234 g/mol. The molecule has 0 bridgehead atoms. The van der Waals surface area contributed by atoms with Gasteiger partial charge < -0.3 is 0 Å². The Morgan fingerprint density at radius 2 is 1.93 bits per heavy atom. The van der Waals surface area contributed by atoms with E-state index in [1.165, 1.54) is 18.2 Å². The van der Waals surface area contributed by atoms with Gasteiger partial charge in [-0.2, -0.15) is 0 Å². The molecule has 6 heteroatoms. The molecule has 0 aliphatic rings. The van der Waals surface area contributed by atoms with Crippen LogP contribution in [0.3, 0.4) is 0 Å². The zero-order valence-corrected chi connectivity index (χ0v) is 8.52. The summed E-state index contributed by atoms with van der Waals surface area (Å²) in [7, 11) is 0.882. The average Bonchev–Trinajstić information content (AvgIpc) is 2.01. The van der Waals surface area contributed by atoms with Crippen molar-refractivity contribution in [2.45, 2.75) is 6.17 Å². The first kappa shape index (κ1) is 11.4. The summed E-state index contributed by atoms with van der Waals surface area (Å²) in [5.41, 5.74) is -0.295. The number of alkyl halides is 1. The second-order valence-electron chi connectivity index (χ2n) is 2.69. The van der Waals surface area contributed by atoms with Crippen LogP contribution in [0.2, 0.25) is 0 Å². The minimum atomic E-state index is -3.96. The van der Waals surface area contributed by atoms with Crippen molar-refractivity contribution in [1.29, 1.82) is 0 Å². The van der Waals surface area contributed by atoms with Crippen molar-refractivity contribution >= 4 is 19.7 Å². The van der Waals surface area contributed by atoms with Gasteiger partial charge in [0.1, 0.15) is 17.7 Å². The lowest BCUT2D eigenvalue weighted by Crippen LogP contribution is -2.07. The molecule has 0 fully saturated rings. The molecule has 0 aromatic heterocycles. The summed E-state index contributed by atoms with van der Waals surface area (Å²) >= 11 is 0. The van der Waals surface area contributed by atoms with E-state index in [9.17, 15) is 17.2 Å². The monoisotopic (exact) mass is 240 g/mol. The Labute approximate surface area is 84.9 Å². The summed E-state index contributed by atoms with van der Waals surface area (Å²) in [6, 6.07) is 5.05. The Morgan fingerprint density at radius 1 is 1.36 bits per heavy atom. The van der Waals surface area contributed by atoms with E-state index in [4.69, 9.17) is 10.7 Å². The third-order valence-corrected chi connectivity index (χ3v) is 2.66.